The average molecular weight is 271 g/mol. The number of hydrogen-bond donors (Lipinski definition) is 3. The molecule has 0 radical (unpaired) electrons. The van der Waals surface area contributed by atoms with Crippen molar-refractivity contribution >= 4 is 23.3 Å². The Labute approximate surface area is 110 Å². The van der Waals surface area contributed by atoms with Gasteiger partial charge in [-0.1, -0.05) is 11.6 Å². The molecule has 0 aromatic carbocycles. The number of hydrazine groups is 1. The van der Waals surface area contributed by atoms with E-state index < -0.39 is 0 Å². The van der Waals surface area contributed by atoms with Gasteiger partial charge >= 0.3 is 0 Å². The number of aromatic nitrogens is 1. The van der Waals surface area contributed by atoms with Crippen LogP contribution in [0.4, 0.5) is 5.82 Å². The van der Waals surface area contributed by atoms with Crippen LogP contribution in [-0.4, -0.2) is 30.1 Å². The van der Waals surface area contributed by atoms with Crippen LogP contribution in [0, 0.1) is 0 Å². The maximum Gasteiger partial charge on any atom is 0.271 e. The number of nitrogens with two attached hydrogens (primary N) is 1. The van der Waals surface area contributed by atoms with E-state index in [1.165, 1.54) is 0 Å². The van der Waals surface area contributed by atoms with Crippen molar-refractivity contribution in [2.24, 2.45) is 5.84 Å². The summed E-state index contributed by atoms with van der Waals surface area (Å²) >= 11 is 5.93. The first kappa shape index (κ1) is 13.1. The summed E-state index contributed by atoms with van der Waals surface area (Å²) in [7, 11) is 1.66. The monoisotopic (exact) mass is 270 g/mol. The maximum absolute atomic E-state index is 12.0. The van der Waals surface area contributed by atoms with E-state index in [-0.39, 0.29) is 23.7 Å². The third-order valence-corrected chi connectivity index (χ3v) is 3.28. The van der Waals surface area contributed by atoms with Gasteiger partial charge in [0.25, 0.3) is 5.91 Å². The second-order valence-electron chi connectivity index (χ2n) is 4.17. The molecule has 1 aliphatic rings. The zero-order valence-electron chi connectivity index (χ0n) is 9.94. The number of hydrogen-bond acceptors (Lipinski definition) is 5. The van der Waals surface area contributed by atoms with Crippen molar-refractivity contribution < 1.29 is 9.53 Å². The first-order valence-electron chi connectivity index (χ1n) is 5.61. The number of ether oxygens (including phenoxy) is 1. The lowest BCUT2D eigenvalue weighted by molar-refractivity contribution is 0.0175. The van der Waals surface area contributed by atoms with Crippen molar-refractivity contribution in [2.45, 2.75) is 25.0 Å². The molecule has 0 aliphatic heterocycles. The largest absolute Gasteiger partial charge is 0.381 e. The Morgan fingerprint density at radius 2 is 2.28 bits per heavy atom. The standard InChI is InChI=1S/C11H15ClN4O2/c1-18-7-4-6(5-7)14-11(17)10-8(12)2-3-9(15-10)16-13/h2-3,6-7H,4-5,13H2,1H3,(H,14,17)(H,15,16). The van der Waals surface area contributed by atoms with Gasteiger partial charge in [-0.2, -0.15) is 0 Å². The SMILES string of the molecule is COC1CC(NC(=O)c2nc(NN)ccc2Cl)C1. The quantitative estimate of drug-likeness (QED) is 0.559. The summed E-state index contributed by atoms with van der Waals surface area (Å²) in [4.78, 5) is 16.0. The van der Waals surface area contributed by atoms with Gasteiger partial charge in [-0.05, 0) is 25.0 Å². The van der Waals surface area contributed by atoms with E-state index >= 15 is 0 Å². The van der Waals surface area contributed by atoms with Crippen LogP contribution in [0.5, 0.6) is 0 Å². The van der Waals surface area contributed by atoms with Crippen molar-refractivity contribution in [3.05, 3.63) is 22.8 Å². The van der Waals surface area contributed by atoms with Crippen molar-refractivity contribution in [1.29, 1.82) is 0 Å². The van der Waals surface area contributed by atoms with E-state index in [9.17, 15) is 4.79 Å². The number of carbonyl (C=O) groups is 1. The summed E-state index contributed by atoms with van der Waals surface area (Å²) < 4.78 is 5.14. The smallest absolute Gasteiger partial charge is 0.271 e. The lowest BCUT2D eigenvalue weighted by atomic mass is 9.89. The fraction of sp³-hybridized carbons (Fsp3) is 0.455. The van der Waals surface area contributed by atoms with Gasteiger partial charge < -0.3 is 15.5 Å². The van der Waals surface area contributed by atoms with Crippen LogP contribution >= 0.6 is 11.6 Å². The zero-order chi connectivity index (χ0) is 13.1. The van der Waals surface area contributed by atoms with E-state index in [0.717, 1.165) is 12.8 Å². The molecule has 1 saturated carbocycles. The molecule has 4 N–H and O–H groups in total. The predicted octanol–water partition coefficient (Wildman–Crippen LogP) is 0.928. The average Bonchev–Trinajstić information content (AvgIpc) is 2.33. The van der Waals surface area contributed by atoms with E-state index in [1.807, 2.05) is 0 Å². The number of carbonyl (C=O) groups excluding carboxylic acids is 1. The minimum Gasteiger partial charge on any atom is -0.381 e. The van der Waals surface area contributed by atoms with E-state index in [2.05, 4.69) is 15.7 Å². The molecule has 1 aromatic heterocycles. The number of methoxy groups -OCH3 is 1. The number of anilines is 1. The lowest BCUT2D eigenvalue weighted by Crippen LogP contribution is -2.47. The summed E-state index contributed by atoms with van der Waals surface area (Å²) in [5, 5.41) is 3.15. The highest BCUT2D eigenvalue weighted by Crippen LogP contribution is 2.23. The molecule has 1 fully saturated rings. The second kappa shape index (κ2) is 5.51. The van der Waals surface area contributed by atoms with Gasteiger partial charge in [0.05, 0.1) is 11.1 Å². The molecule has 98 valence electrons. The molecule has 2 rings (SSSR count). The Kier molecular flexibility index (Phi) is 4.00. The maximum atomic E-state index is 12.0. The van der Waals surface area contributed by atoms with Crippen LogP contribution < -0.4 is 16.6 Å². The highest BCUT2D eigenvalue weighted by Gasteiger charge is 2.31. The van der Waals surface area contributed by atoms with Crippen molar-refractivity contribution in [2.75, 3.05) is 12.5 Å². The molecule has 0 unspecified atom stereocenters. The van der Waals surface area contributed by atoms with E-state index in [1.54, 1.807) is 19.2 Å². The molecule has 0 bridgehead atoms. The summed E-state index contributed by atoms with van der Waals surface area (Å²) in [6, 6.07) is 3.30. The van der Waals surface area contributed by atoms with Crippen LogP contribution in [-0.2, 0) is 4.74 Å². The molecular weight excluding hydrogens is 256 g/mol. The van der Waals surface area contributed by atoms with Gasteiger partial charge in [-0.25, -0.2) is 10.8 Å². The number of pyridine rings is 1. The Balaban J connectivity index is 2.00. The van der Waals surface area contributed by atoms with Crippen LogP contribution in [0.1, 0.15) is 23.3 Å². The molecule has 7 heteroatoms. The van der Waals surface area contributed by atoms with Crippen LogP contribution in [0.3, 0.4) is 0 Å². The van der Waals surface area contributed by atoms with Gasteiger partial charge in [0.1, 0.15) is 11.5 Å². The molecule has 18 heavy (non-hydrogen) atoms. The van der Waals surface area contributed by atoms with Gasteiger partial charge in [0.2, 0.25) is 0 Å². The van der Waals surface area contributed by atoms with Crippen molar-refractivity contribution in [3.63, 3.8) is 0 Å². The molecule has 1 aliphatic carbocycles. The van der Waals surface area contributed by atoms with Gasteiger partial charge in [0, 0.05) is 13.2 Å². The molecular formula is C11H15ClN4O2. The van der Waals surface area contributed by atoms with Crippen LogP contribution in [0.15, 0.2) is 12.1 Å². The predicted molar refractivity (Wildman–Crippen MR) is 68.3 cm³/mol. The molecule has 1 amide bonds. The normalized spacial score (nSPS) is 22.2. The molecule has 1 heterocycles. The number of amides is 1. The third-order valence-electron chi connectivity index (χ3n) is 2.97. The Morgan fingerprint density at radius 1 is 1.56 bits per heavy atom. The molecule has 1 aromatic rings. The highest BCUT2D eigenvalue weighted by molar-refractivity contribution is 6.33. The zero-order valence-corrected chi connectivity index (χ0v) is 10.7. The van der Waals surface area contributed by atoms with Gasteiger partial charge in [-0.15, -0.1) is 0 Å². The topological polar surface area (TPSA) is 89.3 Å². The lowest BCUT2D eigenvalue weighted by Gasteiger charge is -2.34. The summed E-state index contributed by atoms with van der Waals surface area (Å²) in [6.07, 6.45) is 1.86. The van der Waals surface area contributed by atoms with Crippen molar-refractivity contribution in [3.8, 4) is 0 Å². The Morgan fingerprint density at radius 3 is 2.89 bits per heavy atom. The summed E-state index contributed by atoms with van der Waals surface area (Å²) in [6.45, 7) is 0. The number of nitrogen functional groups attached to an aromatic ring is 1. The van der Waals surface area contributed by atoms with Gasteiger partial charge in [0.15, 0.2) is 0 Å². The minimum atomic E-state index is -0.295. The van der Waals surface area contributed by atoms with E-state index in [4.69, 9.17) is 22.2 Å². The fourth-order valence-corrected chi connectivity index (χ4v) is 2.00. The molecule has 0 spiro atoms. The third kappa shape index (κ3) is 2.72. The minimum absolute atomic E-state index is 0.120. The van der Waals surface area contributed by atoms with Crippen LogP contribution in [0.2, 0.25) is 5.02 Å². The molecule has 0 atom stereocenters. The Bertz CT molecular complexity index is 449. The summed E-state index contributed by atoms with van der Waals surface area (Å²) in [5.74, 6) is 5.34. The number of halogens is 1. The highest BCUT2D eigenvalue weighted by atomic mass is 35.5. The number of nitrogens with one attached hydrogen (secondary N) is 2. The molecule has 6 nitrogen and oxygen atoms in total. The first-order chi connectivity index (χ1) is 8.63. The van der Waals surface area contributed by atoms with Gasteiger partial charge in [-0.3, -0.25) is 4.79 Å². The van der Waals surface area contributed by atoms with Crippen LogP contribution in [0.25, 0.3) is 0 Å². The fourth-order valence-electron chi connectivity index (χ4n) is 1.81. The first-order valence-corrected chi connectivity index (χ1v) is 5.98. The Hall–Kier alpha value is -1.37. The number of nitrogens with zero attached hydrogens (tertiary/aromatic N) is 1. The second-order valence-corrected chi connectivity index (χ2v) is 4.58. The van der Waals surface area contributed by atoms with E-state index in [0.29, 0.717) is 10.8 Å². The molecule has 0 saturated heterocycles. The van der Waals surface area contributed by atoms with Crippen molar-refractivity contribution in [1.82, 2.24) is 10.3 Å². The number of rotatable bonds is 4. The summed E-state index contributed by atoms with van der Waals surface area (Å²) in [5.41, 5.74) is 2.55.